The molecule has 0 bridgehead atoms. The van der Waals surface area contributed by atoms with Crippen LogP contribution in [-0.2, 0) is 16.6 Å². The highest BCUT2D eigenvalue weighted by molar-refractivity contribution is 7.89. The summed E-state index contributed by atoms with van der Waals surface area (Å²) in [6, 6.07) is 6.01. The minimum Gasteiger partial charge on any atom is -0.395 e. The van der Waals surface area contributed by atoms with Crippen molar-refractivity contribution in [3.8, 4) is 0 Å². The zero-order valence-corrected chi connectivity index (χ0v) is 10.6. The van der Waals surface area contributed by atoms with E-state index in [1.807, 2.05) is 0 Å². The first-order valence-electron chi connectivity index (χ1n) is 5.19. The molecule has 0 fully saturated rings. The number of hydrogen-bond acceptors (Lipinski definition) is 3. The maximum Gasteiger partial charge on any atom is 0.219 e. The van der Waals surface area contributed by atoms with E-state index in [9.17, 15) is 12.8 Å². The first-order chi connectivity index (χ1) is 7.89. The molecule has 6 heteroatoms. The Morgan fingerprint density at radius 1 is 1.41 bits per heavy atom. The molecule has 1 unspecified atom stereocenters. The molecule has 0 saturated heterocycles. The largest absolute Gasteiger partial charge is 0.395 e. The topological polar surface area (TPSA) is 57.6 Å². The molecule has 4 nitrogen and oxygen atoms in total. The summed E-state index contributed by atoms with van der Waals surface area (Å²) >= 11 is 0. The van der Waals surface area contributed by atoms with Gasteiger partial charge in [-0.2, -0.15) is 0 Å². The summed E-state index contributed by atoms with van der Waals surface area (Å²) in [5.74, 6) is -0.439. The molecule has 0 aliphatic carbocycles. The van der Waals surface area contributed by atoms with E-state index >= 15 is 0 Å². The molecule has 0 radical (unpaired) electrons. The van der Waals surface area contributed by atoms with E-state index in [0.717, 1.165) is 4.31 Å². The third-order valence-electron chi connectivity index (χ3n) is 2.55. The van der Waals surface area contributed by atoms with Crippen LogP contribution in [0.1, 0.15) is 12.5 Å². The molecular weight excluding hydrogens is 245 g/mol. The van der Waals surface area contributed by atoms with E-state index in [0.29, 0.717) is 5.56 Å². The van der Waals surface area contributed by atoms with E-state index in [2.05, 4.69) is 0 Å². The molecule has 0 aliphatic heterocycles. The smallest absolute Gasteiger partial charge is 0.219 e. The average molecular weight is 261 g/mol. The number of aliphatic hydroxyl groups is 1. The molecule has 1 N–H and O–H groups in total. The van der Waals surface area contributed by atoms with Crippen LogP contribution in [0.5, 0.6) is 0 Å². The maximum absolute atomic E-state index is 13.4. The molecule has 0 amide bonds. The van der Waals surface area contributed by atoms with E-state index in [1.165, 1.54) is 26.1 Å². The average Bonchev–Trinajstić information content (AvgIpc) is 2.30. The molecule has 0 saturated carbocycles. The van der Waals surface area contributed by atoms with Crippen molar-refractivity contribution in [1.29, 1.82) is 0 Å². The van der Waals surface area contributed by atoms with Gasteiger partial charge in [0.25, 0.3) is 0 Å². The van der Waals surface area contributed by atoms with Gasteiger partial charge in [-0.05, 0) is 13.0 Å². The van der Waals surface area contributed by atoms with Crippen molar-refractivity contribution in [1.82, 2.24) is 4.31 Å². The van der Waals surface area contributed by atoms with Gasteiger partial charge in [0.05, 0.1) is 11.9 Å². The van der Waals surface area contributed by atoms with Crippen LogP contribution in [0.2, 0.25) is 0 Å². The third kappa shape index (κ3) is 3.24. The van der Waals surface area contributed by atoms with Gasteiger partial charge in [0.1, 0.15) is 5.82 Å². The molecule has 0 aromatic heterocycles. The molecule has 1 rings (SSSR count). The Morgan fingerprint density at radius 3 is 2.53 bits per heavy atom. The van der Waals surface area contributed by atoms with Crippen molar-refractivity contribution < 1.29 is 17.9 Å². The van der Waals surface area contributed by atoms with Gasteiger partial charge in [-0.25, -0.2) is 17.1 Å². The van der Waals surface area contributed by atoms with Gasteiger partial charge in [-0.1, -0.05) is 18.2 Å². The number of rotatable bonds is 5. The summed E-state index contributed by atoms with van der Waals surface area (Å²) < 4.78 is 38.0. The second kappa shape index (κ2) is 5.57. The van der Waals surface area contributed by atoms with Crippen molar-refractivity contribution in [2.75, 3.05) is 13.7 Å². The molecule has 1 aromatic rings. The fourth-order valence-corrected chi connectivity index (χ4v) is 2.48. The lowest BCUT2D eigenvalue weighted by Crippen LogP contribution is -2.36. The molecule has 17 heavy (non-hydrogen) atoms. The summed E-state index contributed by atoms with van der Waals surface area (Å²) in [6.07, 6.45) is 0. The quantitative estimate of drug-likeness (QED) is 0.859. The Kier molecular flexibility index (Phi) is 4.62. The highest BCUT2D eigenvalue weighted by Crippen LogP contribution is 2.13. The number of aliphatic hydroxyl groups excluding tert-OH is 1. The van der Waals surface area contributed by atoms with E-state index in [1.54, 1.807) is 12.1 Å². The summed E-state index contributed by atoms with van der Waals surface area (Å²) in [5.41, 5.74) is 0.309. The molecule has 0 spiro atoms. The molecule has 0 heterocycles. The predicted octanol–water partition coefficient (Wildman–Crippen LogP) is 0.968. The Morgan fingerprint density at radius 2 is 2.00 bits per heavy atom. The number of sulfonamides is 1. The molecular formula is C11H16FNO3S. The molecule has 0 aliphatic rings. The molecule has 1 atom stereocenters. The van der Waals surface area contributed by atoms with Crippen LogP contribution in [0.15, 0.2) is 24.3 Å². The first-order valence-corrected chi connectivity index (χ1v) is 6.69. The lowest BCUT2D eigenvalue weighted by molar-refractivity contribution is 0.290. The van der Waals surface area contributed by atoms with Gasteiger partial charge in [0.15, 0.2) is 0 Å². The first kappa shape index (κ1) is 14.1. The number of benzene rings is 1. The van der Waals surface area contributed by atoms with Gasteiger partial charge >= 0.3 is 0 Å². The summed E-state index contributed by atoms with van der Waals surface area (Å²) in [6.45, 7) is 0.913. The monoisotopic (exact) mass is 261 g/mol. The van der Waals surface area contributed by atoms with Gasteiger partial charge in [-0.15, -0.1) is 0 Å². The third-order valence-corrected chi connectivity index (χ3v) is 4.71. The second-order valence-electron chi connectivity index (χ2n) is 3.89. The Balaban J connectivity index is 2.87. The minimum atomic E-state index is -3.59. The highest BCUT2D eigenvalue weighted by Gasteiger charge is 2.25. The second-order valence-corrected chi connectivity index (χ2v) is 6.34. The van der Waals surface area contributed by atoms with E-state index < -0.39 is 27.7 Å². The molecule has 1 aromatic carbocycles. The fraction of sp³-hybridized carbons (Fsp3) is 0.455. The number of hydrogen-bond donors (Lipinski definition) is 1. The SMILES string of the molecule is CC(CO)S(=O)(=O)N(C)Cc1ccccc1F. The minimum absolute atomic E-state index is 0.0423. The number of nitrogens with zero attached hydrogens (tertiary/aromatic N) is 1. The van der Waals surface area contributed by atoms with Gasteiger partial charge in [0.2, 0.25) is 10.0 Å². The van der Waals surface area contributed by atoms with Crippen LogP contribution in [0.4, 0.5) is 4.39 Å². The van der Waals surface area contributed by atoms with Crippen molar-refractivity contribution >= 4 is 10.0 Å². The Hall–Kier alpha value is -0.980. The van der Waals surface area contributed by atoms with E-state index in [-0.39, 0.29) is 6.54 Å². The zero-order chi connectivity index (χ0) is 13.1. The lowest BCUT2D eigenvalue weighted by atomic mass is 10.2. The number of halogens is 1. The van der Waals surface area contributed by atoms with Crippen LogP contribution < -0.4 is 0 Å². The summed E-state index contributed by atoms with van der Waals surface area (Å²) in [4.78, 5) is 0. The Bertz CT molecular complexity index is 475. The van der Waals surface area contributed by atoms with Gasteiger partial charge < -0.3 is 5.11 Å². The van der Waals surface area contributed by atoms with Crippen molar-refractivity contribution in [2.45, 2.75) is 18.7 Å². The van der Waals surface area contributed by atoms with Gasteiger partial charge in [-0.3, -0.25) is 0 Å². The predicted molar refractivity (Wildman–Crippen MR) is 63.3 cm³/mol. The van der Waals surface area contributed by atoms with Gasteiger partial charge in [0, 0.05) is 19.2 Å². The van der Waals surface area contributed by atoms with E-state index in [4.69, 9.17) is 5.11 Å². The fourth-order valence-electron chi connectivity index (χ4n) is 1.36. The zero-order valence-electron chi connectivity index (χ0n) is 9.80. The van der Waals surface area contributed by atoms with Crippen molar-refractivity contribution in [2.24, 2.45) is 0 Å². The Labute approximate surface area is 101 Å². The van der Waals surface area contributed by atoms with Crippen LogP contribution in [0, 0.1) is 5.82 Å². The normalized spacial score (nSPS) is 13.9. The lowest BCUT2D eigenvalue weighted by Gasteiger charge is -2.20. The molecule has 96 valence electrons. The maximum atomic E-state index is 13.4. The summed E-state index contributed by atoms with van der Waals surface area (Å²) in [5, 5.41) is 7.97. The van der Waals surface area contributed by atoms with Crippen LogP contribution in [-0.4, -0.2) is 36.7 Å². The van der Waals surface area contributed by atoms with Crippen LogP contribution in [0.25, 0.3) is 0 Å². The van der Waals surface area contributed by atoms with Crippen LogP contribution >= 0.6 is 0 Å². The van der Waals surface area contributed by atoms with Crippen molar-refractivity contribution in [3.05, 3.63) is 35.6 Å². The van der Waals surface area contributed by atoms with Crippen molar-refractivity contribution in [3.63, 3.8) is 0 Å². The summed E-state index contributed by atoms with van der Waals surface area (Å²) in [7, 11) is -2.22. The van der Waals surface area contributed by atoms with Crippen LogP contribution in [0.3, 0.4) is 0 Å². The highest BCUT2D eigenvalue weighted by atomic mass is 32.2. The standard InChI is InChI=1S/C11H16FNO3S/c1-9(8-14)17(15,16)13(2)7-10-5-3-4-6-11(10)12/h3-6,9,14H,7-8H2,1-2H3.